The summed E-state index contributed by atoms with van der Waals surface area (Å²) in [4.78, 5) is 4.42. The van der Waals surface area contributed by atoms with Crippen molar-refractivity contribution in [1.29, 1.82) is 0 Å². The van der Waals surface area contributed by atoms with Gasteiger partial charge in [-0.25, -0.2) is 0 Å². The molecule has 2 N–H and O–H groups in total. The van der Waals surface area contributed by atoms with Crippen molar-refractivity contribution in [2.45, 2.75) is 25.0 Å². The molecule has 1 fully saturated rings. The van der Waals surface area contributed by atoms with Gasteiger partial charge in [0.05, 0.1) is 11.1 Å². The van der Waals surface area contributed by atoms with E-state index in [1.165, 1.54) is 0 Å². The number of nitrogens with zero attached hydrogens (tertiary/aromatic N) is 1. The number of aliphatic hydroxyl groups is 1. The Labute approximate surface area is 129 Å². The SMILES string of the molecule is OC1(CNCc2cc(Cl)cc3cccnc23)CCOCC1. The Hall–Kier alpha value is -1.20. The van der Waals surface area contributed by atoms with Gasteiger partial charge in [-0.05, 0) is 23.8 Å². The number of benzene rings is 1. The largest absolute Gasteiger partial charge is 0.388 e. The van der Waals surface area contributed by atoms with Crippen LogP contribution in [0.1, 0.15) is 18.4 Å². The van der Waals surface area contributed by atoms with Gasteiger partial charge in [0.1, 0.15) is 0 Å². The average Bonchev–Trinajstić information content (AvgIpc) is 2.47. The van der Waals surface area contributed by atoms with E-state index in [2.05, 4.69) is 10.3 Å². The first-order chi connectivity index (χ1) is 10.2. The van der Waals surface area contributed by atoms with Crippen LogP contribution in [0.4, 0.5) is 0 Å². The molecule has 21 heavy (non-hydrogen) atoms. The van der Waals surface area contributed by atoms with Crippen LogP contribution in [-0.4, -0.2) is 35.5 Å². The number of pyridine rings is 1. The summed E-state index contributed by atoms with van der Waals surface area (Å²) in [5.41, 5.74) is 1.34. The van der Waals surface area contributed by atoms with Crippen molar-refractivity contribution in [2.24, 2.45) is 0 Å². The van der Waals surface area contributed by atoms with Crippen molar-refractivity contribution in [3.8, 4) is 0 Å². The molecule has 4 nitrogen and oxygen atoms in total. The lowest BCUT2D eigenvalue weighted by atomic mass is 9.94. The minimum atomic E-state index is -0.667. The highest BCUT2D eigenvalue weighted by Gasteiger charge is 2.29. The maximum absolute atomic E-state index is 10.4. The lowest BCUT2D eigenvalue weighted by Crippen LogP contribution is -2.44. The van der Waals surface area contributed by atoms with E-state index < -0.39 is 5.60 Å². The van der Waals surface area contributed by atoms with Crippen molar-refractivity contribution >= 4 is 22.5 Å². The fourth-order valence-electron chi connectivity index (χ4n) is 2.72. The zero-order valence-electron chi connectivity index (χ0n) is 11.8. The summed E-state index contributed by atoms with van der Waals surface area (Å²) in [5.74, 6) is 0. The van der Waals surface area contributed by atoms with Gasteiger partial charge in [0.2, 0.25) is 0 Å². The summed E-state index contributed by atoms with van der Waals surface area (Å²) in [6.07, 6.45) is 3.13. The van der Waals surface area contributed by atoms with Crippen LogP contribution < -0.4 is 5.32 Å². The second-order valence-corrected chi connectivity index (χ2v) is 6.02. The number of aromatic nitrogens is 1. The topological polar surface area (TPSA) is 54.4 Å². The normalized spacial score (nSPS) is 18.0. The van der Waals surface area contributed by atoms with Gasteiger partial charge in [-0.2, -0.15) is 0 Å². The van der Waals surface area contributed by atoms with Crippen molar-refractivity contribution in [1.82, 2.24) is 10.3 Å². The van der Waals surface area contributed by atoms with E-state index in [4.69, 9.17) is 16.3 Å². The lowest BCUT2D eigenvalue weighted by molar-refractivity contribution is -0.0616. The predicted molar refractivity (Wildman–Crippen MR) is 83.5 cm³/mol. The molecule has 112 valence electrons. The molecule has 0 unspecified atom stereocenters. The molecule has 5 heteroatoms. The summed E-state index contributed by atoms with van der Waals surface area (Å²) in [5, 5.41) is 15.5. The molecule has 3 rings (SSSR count). The van der Waals surface area contributed by atoms with Crippen molar-refractivity contribution in [3.05, 3.63) is 41.0 Å². The molecule has 0 spiro atoms. The molecular formula is C16H19ClN2O2. The molecule has 0 amide bonds. The maximum Gasteiger partial charge on any atom is 0.0815 e. The molecule has 1 aromatic carbocycles. The Morgan fingerprint density at radius 1 is 1.33 bits per heavy atom. The molecule has 0 saturated carbocycles. The molecule has 0 atom stereocenters. The van der Waals surface area contributed by atoms with E-state index in [0.29, 0.717) is 44.2 Å². The summed E-state index contributed by atoms with van der Waals surface area (Å²) in [6.45, 7) is 2.44. The standard InChI is InChI=1S/C16H19ClN2O2/c17-14-8-12-2-1-5-19-15(12)13(9-14)10-18-11-16(20)3-6-21-7-4-16/h1-2,5,8-9,18,20H,3-4,6-7,10-11H2. The molecule has 1 aromatic heterocycles. The van der Waals surface area contributed by atoms with Gasteiger partial charge < -0.3 is 15.2 Å². The van der Waals surface area contributed by atoms with E-state index in [9.17, 15) is 5.11 Å². The molecule has 2 heterocycles. The Bertz CT molecular complexity index is 627. The third kappa shape index (κ3) is 3.52. The zero-order valence-corrected chi connectivity index (χ0v) is 12.6. The quantitative estimate of drug-likeness (QED) is 0.911. The van der Waals surface area contributed by atoms with Crippen LogP contribution in [0, 0.1) is 0 Å². The van der Waals surface area contributed by atoms with Crippen molar-refractivity contribution < 1.29 is 9.84 Å². The van der Waals surface area contributed by atoms with Crippen LogP contribution in [0.25, 0.3) is 10.9 Å². The number of halogens is 1. The van der Waals surface area contributed by atoms with Gasteiger partial charge in [0, 0.05) is 55.8 Å². The summed E-state index contributed by atoms with van der Waals surface area (Å²) in [7, 11) is 0. The fraction of sp³-hybridized carbons (Fsp3) is 0.438. The molecule has 1 aliphatic rings. The number of ether oxygens (including phenoxy) is 1. The first-order valence-corrected chi connectivity index (χ1v) is 7.58. The molecule has 0 aliphatic carbocycles. The number of hydrogen-bond donors (Lipinski definition) is 2. The van der Waals surface area contributed by atoms with Gasteiger partial charge in [0.25, 0.3) is 0 Å². The van der Waals surface area contributed by atoms with Crippen LogP contribution in [0.5, 0.6) is 0 Å². The maximum atomic E-state index is 10.4. The molecule has 1 aliphatic heterocycles. The third-order valence-corrected chi connectivity index (χ3v) is 4.16. The number of fused-ring (bicyclic) bond motifs is 1. The van der Waals surface area contributed by atoms with Crippen LogP contribution in [0.15, 0.2) is 30.5 Å². The summed E-state index contributed by atoms with van der Waals surface area (Å²) in [6, 6.07) is 7.75. The Morgan fingerprint density at radius 3 is 2.95 bits per heavy atom. The van der Waals surface area contributed by atoms with Crippen LogP contribution >= 0.6 is 11.6 Å². The van der Waals surface area contributed by atoms with Gasteiger partial charge in [-0.3, -0.25) is 4.98 Å². The van der Waals surface area contributed by atoms with Crippen LogP contribution in [0.2, 0.25) is 5.02 Å². The molecule has 1 saturated heterocycles. The van der Waals surface area contributed by atoms with Crippen molar-refractivity contribution in [2.75, 3.05) is 19.8 Å². The van der Waals surface area contributed by atoms with E-state index in [0.717, 1.165) is 16.5 Å². The monoisotopic (exact) mass is 306 g/mol. The zero-order chi connectivity index (χ0) is 14.7. The molecule has 0 bridgehead atoms. The lowest BCUT2D eigenvalue weighted by Gasteiger charge is -2.32. The first kappa shape index (κ1) is 14.7. The van der Waals surface area contributed by atoms with Gasteiger partial charge >= 0.3 is 0 Å². The predicted octanol–water partition coefficient (Wildman–Crippen LogP) is 2.52. The Morgan fingerprint density at radius 2 is 2.14 bits per heavy atom. The second kappa shape index (κ2) is 6.28. The van der Waals surface area contributed by atoms with Gasteiger partial charge in [0.15, 0.2) is 0 Å². The van der Waals surface area contributed by atoms with Crippen molar-refractivity contribution in [3.63, 3.8) is 0 Å². The first-order valence-electron chi connectivity index (χ1n) is 7.20. The molecule has 2 aromatic rings. The average molecular weight is 307 g/mol. The van der Waals surface area contributed by atoms with Crippen LogP contribution in [0.3, 0.4) is 0 Å². The van der Waals surface area contributed by atoms with E-state index in [1.807, 2.05) is 24.3 Å². The number of hydrogen-bond acceptors (Lipinski definition) is 4. The highest BCUT2D eigenvalue weighted by molar-refractivity contribution is 6.31. The molecule has 0 radical (unpaired) electrons. The van der Waals surface area contributed by atoms with Crippen LogP contribution in [-0.2, 0) is 11.3 Å². The fourth-order valence-corrected chi connectivity index (χ4v) is 2.97. The van der Waals surface area contributed by atoms with E-state index in [-0.39, 0.29) is 0 Å². The summed E-state index contributed by atoms with van der Waals surface area (Å²) >= 11 is 6.16. The second-order valence-electron chi connectivity index (χ2n) is 5.58. The van der Waals surface area contributed by atoms with E-state index in [1.54, 1.807) is 6.20 Å². The van der Waals surface area contributed by atoms with Gasteiger partial charge in [-0.1, -0.05) is 17.7 Å². The highest BCUT2D eigenvalue weighted by atomic mass is 35.5. The summed E-state index contributed by atoms with van der Waals surface area (Å²) < 4.78 is 5.29. The van der Waals surface area contributed by atoms with E-state index >= 15 is 0 Å². The molecular weight excluding hydrogens is 288 g/mol. The third-order valence-electron chi connectivity index (χ3n) is 3.94. The minimum absolute atomic E-state index is 0.553. The number of nitrogens with one attached hydrogen (secondary N) is 1. The van der Waals surface area contributed by atoms with Gasteiger partial charge in [-0.15, -0.1) is 0 Å². The smallest absolute Gasteiger partial charge is 0.0815 e. The Balaban J connectivity index is 1.70. The number of rotatable bonds is 4. The Kier molecular flexibility index (Phi) is 4.40. The minimum Gasteiger partial charge on any atom is -0.388 e. The highest BCUT2D eigenvalue weighted by Crippen LogP contribution is 2.23.